The van der Waals surface area contributed by atoms with Crippen LogP contribution in [0.15, 0.2) is 22.6 Å². The molecular formula is C13H11Cl2N3O2. The molecule has 0 fully saturated rings. The summed E-state index contributed by atoms with van der Waals surface area (Å²) in [6.45, 7) is 2.60. The van der Waals surface area contributed by atoms with Crippen molar-refractivity contribution in [2.75, 3.05) is 11.9 Å². The van der Waals surface area contributed by atoms with E-state index in [1.807, 2.05) is 13.0 Å². The summed E-state index contributed by atoms with van der Waals surface area (Å²) < 4.78 is 10.9. The molecule has 0 unspecified atom stereocenters. The van der Waals surface area contributed by atoms with Crippen molar-refractivity contribution in [1.29, 1.82) is 5.26 Å². The minimum Gasteiger partial charge on any atom is -0.482 e. The summed E-state index contributed by atoms with van der Waals surface area (Å²) in [4.78, 5) is 4.03. The first-order valence-electron chi connectivity index (χ1n) is 5.85. The highest BCUT2D eigenvalue weighted by atomic mass is 35.5. The number of nitrogens with zero attached hydrogens (tertiary/aromatic N) is 2. The zero-order valence-electron chi connectivity index (χ0n) is 10.6. The first-order chi connectivity index (χ1) is 9.63. The van der Waals surface area contributed by atoms with Crippen LogP contribution in [0, 0.1) is 11.3 Å². The highest BCUT2D eigenvalue weighted by Crippen LogP contribution is 2.28. The van der Waals surface area contributed by atoms with Crippen molar-refractivity contribution < 1.29 is 9.15 Å². The Labute approximate surface area is 126 Å². The van der Waals surface area contributed by atoms with Crippen molar-refractivity contribution >= 4 is 29.1 Å². The maximum atomic E-state index is 8.93. The average Bonchev–Trinajstić information content (AvgIpc) is 2.80. The molecule has 0 bridgehead atoms. The van der Waals surface area contributed by atoms with Gasteiger partial charge >= 0.3 is 0 Å². The Morgan fingerprint density at radius 1 is 1.45 bits per heavy atom. The van der Waals surface area contributed by atoms with Gasteiger partial charge in [-0.25, -0.2) is 0 Å². The summed E-state index contributed by atoms with van der Waals surface area (Å²) >= 11 is 11.8. The van der Waals surface area contributed by atoms with Crippen LogP contribution in [-0.4, -0.2) is 11.5 Å². The maximum Gasteiger partial charge on any atom is 0.236 e. The molecule has 7 heteroatoms. The Hall–Kier alpha value is -1.90. The van der Waals surface area contributed by atoms with Gasteiger partial charge in [0.25, 0.3) is 0 Å². The number of benzene rings is 1. The van der Waals surface area contributed by atoms with Crippen LogP contribution in [-0.2, 0) is 6.61 Å². The van der Waals surface area contributed by atoms with E-state index in [1.54, 1.807) is 18.2 Å². The van der Waals surface area contributed by atoms with Crippen LogP contribution in [0.5, 0.6) is 5.75 Å². The van der Waals surface area contributed by atoms with Gasteiger partial charge < -0.3 is 14.5 Å². The van der Waals surface area contributed by atoms with Crippen LogP contribution >= 0.6 is 23.2 Å². The lowest BCUT2D eigenvalue weighted by atomic mass is 10.3. The van der Waals surface area contributed by atoms with Gasteiger partial charge in [-0.2, -0.15) is 10.2 Å². The van der Waals surface area contributed by atoms with E-state index >= 15 is 0 Å². The van der Waals surface area contributed by atoms with Gasteiger partial charge in [0, 0.05) is 11.6 Å². The molecule has 0 saturated heterocycles. The Balaban J connectivity index is 2.09. The van der Waals surface area contributed by atoms with E-state index in [0.717, 1.165) is 0 Å². The maximum absolute atomic E-state index is 8.93. The van der Waals surface area contributed by atoms with Crippen LogP contribution in [0.1, 0.15) is 18.5 Å². The molecule has 104 valence electrons. The number of nitriles is 1. The van der Waals surface area contributed by atoms with Crippen molar-refractivity contribution in [3.63, 3.8) is 0 Å². The monoisotopic (exact) mass is 311 g/mol. The fourth-order valence-corrected chi connectivity index (χ4v) is 1.98. The van der Waals surface area contributed by atoms with Crippen molar-refractivity contribution in [3.8, 4) is 11.8 Å². The number of anilines is 1. The van der Waals surface area contributed by atoms with Gasteiger partial charge in [0.05, 0.1) is 5.02 Å². The first kappa shape index (κ1) is 14.5. The minimum absolute atomic E-state index is 0.0709. The van der Waals surface area contributed by atoms with Crippen molar-refractivity contribution in [3.05, 3.63) is 39.8 Å². The zero-order valence-corrected chi connectivity index (χ0v) is 12.1. The third kappa shape index (κ3) is 3.35. The predicted octanol–water partition coefficient (Wildman–Crippen LogP) is 3.86. The van der Waals surface area contributed by atoms with Crippen LogP contribution in [0.25, 0.3) is 0 Å². The number of oxazole rings is 1. The number of nitrogens with one attached hydrogen (secondary N) is 1. The van der Waals surface area contributed by atoms with E-state index in [1.165, 1.54) is 0 Å². The Bertz CT molecular complexity index is 650. The molecule has 1 aromatic heterocycles. The summed E-state index contributed by atoms with van der Waals surface area (Å²) in [7, 11) is 0. The molecule has 2 rings (SSSR count). The molecule has 0 radical (unpaired) electrons. The molecule has 0 atom stereocenters. The second kappa shape index (κ2) is 6.51. The molecule has 5 nitrogen and oxygen atoms in total. The average molecular weight is 312 g/mol. The number of aromatic nitrogens is 1. The topological polar surface area (TPSA) is 71.1 Å². The van der Waals surface area contributed by atoms with Crippen molar-refractivity contribution in [2.45, 2.75) is 13.5 Å². The predicted molar refractivity (Wildman–Crippen MR) is 76.2 cm³/mol. The van der Waals surface area contributed by atoms with Gasteiger partial charge in [0.1, 0.15) is 11.8 Å². The van der Waals surface area contributed by atoms with Crippen molar-refractivity contribution in [2.24, 2.45) is 0 Å². The molecule has 0 amide bonds. The molecule has 0 spiro atoms. The molecule has 1 aromatic carbocycles. The molecule has 2 aromatic rings. The second-order valence-electron chi connectivity index (χ2n) is 3.79. The molecule has 20 heavy (non-hydrogen) atoms. The minimum atomic E-state index is 0.0709. The summed E-state index contributed by atoms with van der Waals surface area (Å²) in [6, 6.07) is 6.86. The lowest BCUT2D eigenvalue weighted by molar-refractivity contribution is 0.265. The van der Waals surface area contributed by atoms with Crippen LogP contribution < -0.4 is 10.1 Å². The molecule has 0 aliphatic heterocycles. The lowest BCUT2D eigenvalue weighted by Gasteiger charge is -2.05. The number of halogens is 2. The Morgan fingerprint density at radius 2 is 2.25 bits per heavy atom. The summed E-state index contributed by atoms with van der Waals surface area (Å²) in [5, 5.41) is 12.8. The Morgan fingerprint density at radius 3 is 2.90 bits per heavy atom. The third-order valence-corrected chi connectivity index (χ3v) is 2.89. The summed E-state index contributed by atoms with van der Waals surface area (Å²) in [5.74, 6) is 1.11. The normalized spacial score (nSPS) is 10.1. The van der Waals surface area contributed by atoms with Crippen LogP contribution in [0.2, 0.25) is 10.0 Å². The van der Waals surface area contributed by atoms with Gasteiger partial charge in [-0.05, 0) is 25.1 Å². The fraction of sp³-hybridized carbons (Fsp3) is 0.231. The molecular weight excluding hydrogens is 301 g/mol. The van der Waals surface area contributed by atoms with Gasteiger partial charge in [0.2, 0.25) is 17.5 Å². The largest absolute Gasteiger partial charge is 0.482 e. The fourth-order valence-electron chi connectivity index (χ4n) is 1.51. The van der Waals surface area contributed by atoms with Crippen LogP contribution in [0.3, 0.4) is 0 Å². The van der Waals surface area contributed by atoms with E-state index in [0.29, 0.717) is 34.1 Å². The molecule has 1 heterocycles. The van der Waals surface area contributed by atoms with Gasteiger partial charge in [-0.15, -0.1) is 0 Å². The molecule has 0 saturated carbocycles. The zero-order chi connectivity index (χ0) is 14.5. The van der Waals surface area contributed by atoms with E-state index in [2.05, 4.69) is 10.3 Å². The molecule has 0 aliphatic carbocycles. The van der Waals surface area contributed by atoms with Crippen molar-refractivity contribution in [1.82, 2.24) is 4.98 Å². The number of hydrogen-bond donors (Lipinski definition) is 1. The van der Waals surface area contributed by atoms with E-state index in [-0.39, 0.29) is 12.3 Å². The Kier molecular flexibility index (Phi) is 4.72. The summed E-state index contributed by atoms with van der Waals surface area (Å²) in [5.41, 5.74) is 0.202. The standard InChI is InChI=1S/C13H11Cl2N3O2/c1-2-17-13-10(6-16)18-12(20-13)7-19-11-4-3-8(14)5-9(11)15/h3-5,17H,2,7H2,1H3. The van der Waals surface area contributed by atoms with E-state index in [9.17, 15) is 0 Å². The van der Waals surface area contributed by atoms with E-state index < -0.39 is 0 Å². The highest BCUT2D eigenvalue weighted by molar-refractivity contribution is 6.35. The first-order valence-corrected chi connectivity index (χ1v) is 6.61. The third-order valence-electron chi connectivity index (χ3n) is 2.36. The highest BCUT2D eigenvalue weighted by Gasteiger charge is 2.13. The number of hydrogen-bond acceptors (Lipinski definition) is 5. The number of rotatable bonds is 5. The molecule has 0 aliphatic rings. The summed E-state index contributed by atoms with van der Waals surface area (Å²) in [6.07, 6.45) is 0. The number of ether oxygens (including phenoxy) is 1. The SMILES string of the molecule is CCNc1oc(COc2ccc(Cl)cc2Cl)nc1C#N. The lowest BCUT2D eigenvalue weighted by Crippen LogP contribution is -1.96. The van der Waals surface area contributed by atoms with Gasteiger partial charge in [-0.1, -0.05) is 23.2 Å². The van der Waals surface area contributed by atoms with E-state index in [4.69, 9.17) is 37.6 Å². The quantitative estimate of drug-likeness (QED) is 0.907. The smallest absolute Gasteiger partial charge is 0.236 e. The van der Waals surface area contributed by atoms with Gasteiger partial charge in [-0.3, -0.25) is 0 Å². The second-order valence-corrected chi connectivity index (χ2v) is 4.63. The van der Waals surface area contributed by atoms with Gasteiger partial charge in [0.15, 0.2) is 6.61 Å². The molecule has 1 N–H and O–H groups in total. The van der Waals surface area contributed by atoms with Crippen LogP contribution in [0.4, 0.5) is 5.88 Å².